The molecule has 104 heavy (non-hydrogen) atoms. The molecular weight excluding hydrogens is 1370 g/mol. The first-order valence-corrected chi connectivity index (χ1v) is 35.5. The second-order valence-corrected chi connectivity index (χ2v) is 27.2. The van der Waals surface area contributed by atoms with E-state index in [9.17, 15) is 77.3 Å². The number of hydrogen-bond donors (Lipinski definition) is 19. The number of unbranched alkanes of at least 4 members (excludes halogenated alkanes) is 1. The van der Waals surface area contributed by atoms with Gasteiger partial charge in [-0.05, 0) is 72.4 Å². The Morgan fingerprint density at radius 1 is 0.481 bits per heavy atom. The zero-order chi connectivity index (χ0) is 76.3. The number of primary amides is 2. The van der Waals surface area contributed by atoms with Gasteiger partial charge in [-0.15, -0.1) is 11.8 Å². The van der Waals surface area contributed by atoms with Crippen LogP contribution in [-0.4, -0.2) is 207 Å². The molecule has 12 atom stereocenters. The van der Waals surface area contributed by atoms with Crippen LogP contribution in [0.25, 0.3) is 21.8 Å². The van der Waals surface area contributed by atoms with Gasteiger partial charge >= 0.3 is 0 Å². The van der Waals surface area contributed by atoms with Gasteiger partial charge in [0.1, 0.15) is 66.5 Å². The van der Waals surface area contributed by atoms with Crippen molar-refractivity contribution in [3.05, 3.63) is 108 Å². The fraction of sp³-hybridized carbons (Fsp3) is 0.486. The van der Waals surface area contributed by atoms with Crippen molar-refractivity contribution < 1.29 is 77.3 Å². The van der Waals surface area contributed by atoms with E-state index in [0.29, 0.717) is 44.9 Å². The van der Waals surface area contributed by atoms with E-state index in [-0.39, 0.29) is 50.8 Å². The summed E-state index contributed by atoms with van der Waals surface area (Å²) in [6.07, 6.45) is 2.46. The molecule has 1 fully saturated rings. The number of aromatic nitrogens is 2. The zero-order valence-electron chi connectivity index (χ0n) is 58.9. The Labute approximate surface area is 604 Å². The molecule has 0 unspecified atom stereocenters. The van der Waals surface area contributed by atoms with Crippen LogP contribution in [0.2, 0.25) is 0 Å². The van der Waals surface area contributed by atoms with E-state index < -0.39 is 199 Å². The molecule has 2 aromatic heterocycles. The number of nitrogens with two attached hydrogens (primary N) is 3. The number of aliphatic hydroxyl groups excluding tert-OH is 2. The molecule has 3 heterocycles. The van der Waals surface area contributed by atoms with Crippen molar-refractivity contribution in [2.45, 2.75) is 159 Å². The van der Waals surface area contributed by atoms with E-state index >= 15 is 0 Å². The van der Waals surface area contributed by atoms with Crippen LogP contribution in [0.15, 0.2) is 91.3 Å². The molecule has 22 N–H and O–H groups in total. The summed E-state index contributed by atoms with van der Waals surface area (Å²) in [4.78, 5) is 203. The van der Waals surface area contributed by atoms with Gasteiger partial charge in [0, 0.05) is 59.2 Å². The Kier molecular flexibility index (Phi) is 32.1. The van der Waals surface area contributed by atoms with Gasteiger partial charge in [0.25, 0.3) is 0 Å². The summed E-state index contributed by atoms with van der Waals surface area (Å²) in [7, 11) is 0. The van der Waals surface area contributed by atoms with Gasteiger partial charge in [-0.2, -0.15) is 0 Å². The Balaban J connectivity index is 1.37. The number of amides is 14. The molecule has 5 aromatic rings. The van der Waals surface area contributed by atoms with Gasteiger partial charge in [0.05, 0.1) is 31.9 Å². The van der Waals surface area contributed by atoms with Crippen LogP contribution in [0.4, 0.5) is 0 Å². The predicted octanol–water partition coefficient (Wildman–Crippen LogP) is -3.29. The minimum Gasteiger partial charge on any atom is -0.394 e. The van der Waals surface area contributed by atoms with Crippen LogP contribution in [0.1, 0.15) is 90.3 Å². The molecule has 1 aliphatic heterocycles. The number of rotatable bonds is 19. The third-order valence-electron chi connectivity index (χ3n) is 17.6. The first-order valence-electron chi connectivity index (χ1n) is 34.4. The first kappa shape index (κ1) is 82.5. The zero-order valence-corrected chi connectivity index (χ0v) is 59.7. The highest BCUT2D eigenvalue weighted by atomic mass is 32.2. The van der Waals surface area contributed by atoms with E-state index in [1.54, 1.807) is 133 Å². The van der Waals surface area contributed by atoms with Gasteiger partial charge in [0.15, 0.2) is 0 Å². The highest BCUT2D eigenvalue weighted by Crippen LogP contribution is 2.22. The lowest BCUT2D eigenvalue weighted by Crippen LogP contribution is -2.62. The molecule has 1 aliphatic rings. The largest absolute Gasteiger partial charge is 0.394 e. The highest BCUT2D eigenvalue weighted by molar-refractivity contribution is 8.00. The quantitative estimate of drug-likeness (QED) is 0.0360. The van der Waals surface area contributed by atoms with Gasteiger partial charge in [-0.3, -0.25) is 67.1 Å². The summed E-state index contributed by atoms with van der Waals surface area (Å²) >= 11 is 0.853. The molecule has 6 rings (SSSR count). The molecule has 33 nitrogen and oxygen atoms in total. The van der Waals surface area contributed by atoms with Gasteiger partial charge in [-0.1, -0.05) is 115 Å². The maximum Gasteiger partial charge on any atom is 0.245 e. The monoisotopic (exact) mass is 1460 g/mol. The van der Waals surface area contributed by atoms with Crippen LogP contribution < -0.4 is 81.0 Å². The predicted molar refractivity (Wildman–Crippen MR) is 385 cm³/mol. The topological polar surface area (TPSA) is 533 Å². The van der Waals surface area contributed by atoms with Crippen molar-refractivity contribution in [1.82, 2.24) is 73.8 Å². The number of nitrogens with one attached hydrogen (secondary N) is 14. The van der Waals surface area contributed by atoms with E-state index in [1.807, 2.05) is 0 Å². The smallest absolute Gasteiger partial charge is 0.245 e. The molecule has 564 valence electrons. The summed E-state index contributed by atoms with van der Waals surface area (Å²) in [6.45, 7) is 6.87. The maximum atomic E-state index is 14.8. The molecule has 3 aromatic carbocycles. The normalized spacial score (nSPS) is 24.1. The standard InChI is InChI=1S/C70H97N17O16S/c1-7-38(6)59-70(103)82-51(32-88)61(94)76-31-55(91)77-46(23-15-16-24-71)62(95)81-50(28-54(72)90)63(96)79-48(26-40-29-74-44-21-13-11-19-42(40)44)65(98)85-57(36(2)3)68(101)83-52(33-89)67(100)80-49(27-41-30-75-45-22-14-12-20-43(41)45)66(99)86-58(37(4)5)69(102)84-53(60(73)93)34-104-35-56(92)78-47(64(97)87-59)25-39-17-9-8-10-18-39/h8-14,17-22,29-30,36-38,46-53,57-59,74-75,88-89H,7,15-16,23-28,31-35,71H2,1-6H3,(H2,72,90)(H2,73,93)(H,76,94)(H,77,91)(H,78,92)(H,79,96)(H,80,100)(H,81,95)(H,82,103)(H,83,101)(H,84,102)(H,85,98)(H,86,99)(H,87,97)/t38-,46-,47-,48-,49-,50-,51-,52-,53-,57-,58-,59-/m0/s1. The van der Waals surface area contributed by atoms with E-state index in [1.165, 1.54) is 0 Å². The number of aliphatic hydroxyl groups is 2. The van der Waals surface area contributed by atoms with Crippen molar-refractivity contribution in [1.29, 1.82) is 0 Å². The lowest BCUT2D eigenvalue weighted by molar-refractivity contribution is -0.137. The molecule has 14 amide bonds. The van der Waals surface area contributed by atoms with Crippen LogP contribution in [0.3, 0.4) is 0 Å². The minimum absolute atomic E-state index is 0.0974. The Morgan fingerprint density at radius 3 is 1.41 bits per heavy atom. The summed E-state index contributed by atoms with van der Waals surface area (Å²) in [5.41, 5.74) is 20.1. The molecule has 0 spiro atoms. The van der Waals surface area contributed by atoms with Gasteiger partial charge in [-0.25, -0.2) is 0 Å². The number of benzene rings is 3. The van der Waals surface area contributed by atoms with Crippen LogP contribution in [0, 0.1) is 17.8 Å². The number of para-hydroxylation sites is 2. The number of thioether (sulfide) groups is 1. The molecule has 0 saturated carbocycles. The summed E-state index contributed by atoms with van der Waals surface area (Å²) in [6, 6.07) is 5.39. The van der Waals surface area contributed by atoms with Crippen molar-refractivity contribution in [3.63, 3.8) is 0 Å². The molecule has 0 radical (unpaired) electrons. The SMILES string of the molecule is CC[C@H](C)[C@@H]1NC(=O)[C@H](Cc2ccccc2)NC(=O)CSC[C@@H](C(N)=O)NC(=O)[C@H](C(C)C)NC(=O)[C@H](Cc2c[nH]c3ccccc23)NC(=O)[C@H](CO)NC(=O)[C@H](C(C)C)NC(=O)[C@H](Cc2c[nH]c3ccccc23)NC(=O)[C@H](CC(N)=O)NC(=O)[C@H](CCCCN)NC(=O)CNC(=O)[C@H](CO)NC1=O. The van der Waals surface area contributed by atoms with Gasteiger partial charge < -0.3 is 101 Å². The average molecular weight is 1460 g/mol. The summed E-state index contributed by atoms with van der Waals surface area (Å²) < 4.78 is 0. The third kappa shape index (κ3) is 24.4. The van der Waals surface area contributed by atoms with E-state index in [0.717, 1.165) is 11.8 Å². The molecule has 0 aliphatic carbocycles. The first-order chi connectivity index (χ1) is 49.5. The Morgan fingerprint density at radius 2 is 0.913 bits per heavy atom. The number of hydrogen-bond acceptors (Lipinski definition) is 18. The van der Waals surface area contributed by atoms with Crippen molar-refractivity contribution in [2.75, 3.05) is 37.8 Å². The highest BCUT2D eigenvalue weighted by Gasteiger charge is 2.39. The number of carbonyl (C=O) groups excluding carboxylic acids is 14. The molecule has 0 bridgehead atoms. The average Bonchev–Trinajstić information content (AvgIpc) is 1.63. The molecule has 1 saturated heterocycles. The molecular formula is C70H97N17O16S. The Bertz CT molecular complexity index is 3850. The van der Waals surface area contributed by atoms with Crippen LogP contribution in [0.5, 0.6) is 0 Å². The van der Waals surface area contributed by atoms with Crippen LogP contribution in [-0.2, 0) is 86.4 Å². The summed E-state index contributed by atoms with van der Waals surface area (Å²) in [5.74, 6) is -16.6. The number of H-pyrrole nitrogens is 2. The fourth-order valence-corrected chi connectivity index (χ4v) is 12.3. The fourth-order valence-electron chi connectivity index (χ4n) is 11.4. The van der Waals surface area contributed by atoms with E-state index in [4.69, 9.17) is 17.2 Å². The lowest BCUT2D eigenvalue weighted by Gasteiger charge is -2.29. The Hall–Kier alpha value is -10.4. The van der Waals surface area contributed by atoms with Crippen molar-refractivity contribution in [2.24, 2.45) is 35.0 Å². The third-order valence-corrected chi connectivity index (χ3v) is 18.6. The summed E-state index contributed by atoms with van der Waals surface area (Å²) in [5, 5.41) is 53.0. The van der Waals surface area contributed by atoms with Gasteiger partial charge in [0.2, 0.25) is 82.7 Å². The second kappa shape index (κ2) is 40.4. The van der Waals surface area contributed by atoms with E-state index in [2.05, 4.69) is 73.8 Å². The number of carbonyl (C=O) groups is 14. The lowest BCUT2D eigenvalue weighted by atomic mass is 9.96. The van der Waals surface area contributed by atoms with Crippen LogP contribution >= 0.6 is 11.8 Å². The number of fused-ring (bicyclic) bond motifs is 2. The second-order valence-electron chi connectivity index (χ2n) is 26.2. The van der Waals surface area contributed by atoms with Crippen molar-refractivity contribution in [3.8, 4) is 0 Å². The number of aromatic amines is 2. The van der Waals surface area contributed by atoms with Crippen molar-refractivity contribution >= 4 is 116 Å². The maximum absolute atomic E-state index is 14.8. The molecule has 34 heteroatoms. The minimum atomic E-state index is -1.83.